The number of carbonyl (C=O) groups excluding carboxylic acids is 4. The number of carbonyl (C=O) groups is 4. The number of amides is 4. The van der Waals surface area contributed by atoms with Crippen LogP contribution >= 0.6 is 0 Å². The molecule has 20 heteroatoms. The number of imidazole rings is 2. The molecule has 20 nitrogen and oxygen atoms in total. The Morgan fingerprint density at radius 2 is 1.10 bits per heavy atom. The van der Waals surface area contributed by atoms with Crippen molar-refractivity contribution in [1.29, 1.82) is 0 Å². The summed E-state index contributed by atoms with van der Waals surface area (Å²) in [5, 5.41) is 37.8. The van der Waals surface area contributed by atoms with Crippen molar-refractivity contribution in [1.82, 2.24) is 38.7 Å². The number of ether oxygens (including phenoxy) is 2. The van der Waals surface area contributed by atoms with E-state index in [-0.39, 0.29) is 49.1 Å². The van der Waals surface area contributed by atoms with Crippen molar-refractivity contribution in [3.8, 4) is 11.5 Å². The van der Waals surface area contributed by atoms with Crippen molar-refractivity contribution in [3.63, 3.8) is 0 Å². The van der Waals surface area contributed by atoms with E-state index in [1.165, 1.54) is 24.3 Å². The summed E-state index contributed by atoms with van der Waals surface area (Å²) < 4.78 is 18.7. The Bertz CT molecular complexity index is 2480. The number of nitrogens with zero attached hydrogens (tertiary/aromatic N) is 8. The molecule has 2 unspecified atom stereocenters. The fourth-order valence-corrected chi connectivity index (χ4v) is 7.79. The number of anilines is 2. The van der Waals surface area contributed by atoms with E-state index in [0.29, 0.717) is 69.4 Å². The van der Waals surface area contributed by atoms with Gasteiger partial charge in [0.25, 0.3) is 11.8 Å². The lowest BCUT2D eigenvalue weighted by Crippen LogP contribution is -2.36. The van der Waals surface area contributed by atoms with Crippen LogP contribution in [0.5, 0.6) is 11.5 Å². The molecule has 4 aromatic heterocycles. The molecule has 4 amide bonds. The van der Waals surface area contributed by atoms with Crippen LogP contribution in [0.4, 0.5) is 11.9 Å². The second-order valence-corrected chi connectivity index (χ2v) is 14.4. The van der Waals surface area contributed by atoms with Crippen LogP contribution in [0.15, 0.2) is 36.4 Å². The maximum absolute atomic E-state index is 13.6. The van der Waals surface area contributed by atoms with Crippen LogP contribution in [0, 0.1) is 13.8 Å². The van der Waals surface area contributed by atoms with Gasteiger partial charge in [-0.15, -0.1) is 0 Å². The first-order chi connectivity index (χ1) is 27.7. The molecule has 8 rings (SSSR count). The Hall–Kier alpha value is -6.80. The van der Waals surface area contributed by atoms with Gasteiger partial charge in [-0.2, -0.15) is 10.2 Å². The second-order valence-electron chi connectivity index (χ2n) is 14.4. The minimum absolute atomic E-state index is 0.00637. The van der Waals surface area contributed by atoms with Crippen molar-refractivity contribution in [2.45, 2.75) is 77.9 Å². The lowest BCUT2D eigenvalue weighted by molar-refractivity contribution is -0.0130. The SMILES string of the molecule is CCn1nc(C)cc1C(=O)Nc1nc2cc(C(N)=O)cc3c2n1[C@@H](CC(O)C(O)C[C@H]1COc2cc(C(N)=O)cc4nc(NC(=O)c5cc(C)nn5CC)n1c24)CO3. The number of rotatable bonds is 13. The summed E-state index contributed by atoms with van der Waals surface area (Å²) in [5.41, 5.74) is 15.0. The zero-order valence-electron chi connectivity index (χ0n) is 32.1. The molecule has 6 heterocycles. The number of benzene rings is 2. The molecule has 0 aliphatic carbocycles. The number of hydrogen-bond donors (Lipinski definition) is 6. The molecule has 4 atom stereocenters. The molecule has 0 saturated carbocycles. The number of primary amides is 2. The number of hydrogen-bond acceptors (Lipinski definition) is 12. The Kier molecular flexibility index (Phi) is 9.60. The molecule has 302 valence electrons. The van der Waals surface area contributed by atoms with E-state index in [9.17, 15) is 29.4 Å². The third-order valence-electron chi connectivity index (χ3n) is 10.5. The Balaban J connectivity index is 1.09. The predicted octanol–water partition coefficient (Wildman–Crippen LogP) is 2.21. The third-order valence-corrected chi connectivity index (χ3v) is 10.5. The summed E-state index contributed by atoms with van der Waals surface area (Å²) in [4.78, 5) is 60.8. The highest BCUT2D eigenvalue weighted by Gasteiger charge is 2.36. The first-order valence-electron chi connectivity index (χ1n) is 18.8. The van der Waals surface area contributed by atoms with E-state index in [2.05, 4.69) is 30.8 Å². The Labute approximate surface area is 329 Å². The first kappa shape index (κ1) is 38.1. The number of nitrogens with one attached hydrogen (secondary N) is 2. The summed E-state index contributed by atoms with van der Waals surface area (Å²) in [7, 11) is 0. The van der Waals surface area contributed by atoms with Gasteiger partial charge in [-0.3, -0.25) is 39.2 Å². The largest absolute Gasteiger partial charge is 0.489 e. The van der Waals surface area contributed by atoms with Gasteiger partial charge in [0.05, 0.1) is 46.7 Å². The van der Waals surface area contributed by atoms with Gasteiger partial charge in [-0.1, -0.05) is 0 Å². The summed E-state index contributed by atoms with van der Waals surface area (Å²) in [6.45, 7) is 8.18. The summed E-state index contributed by atoms with van der Waals surface area (Å²) in [5.74, 6) is -1.43. The maximum Gasteiger partial charge on any atom is 0.276 e. The molecule has 2 aliphatic heterocycles. The van der Waals surface area contributed by atoms with Gasteiger partial charge in [0, 0.05) is 24.2 Å². The second kappa shape index (κ2) is 14.6. The summed E-state index contributed by atoms with van der Waals surface area (Å²) >= 11 is 0. The minimum Gasteiger partial charge on any atom is -0.489 e. The molecular weight excluding hydrogens is 752 g/mol. The van der Waals surface area contributed by atoms with Crippen LogP contribution in [0.25, 0.3) is 22.1 Å². The summed E-state index contributed by atoms with van der Waals surface area (Å²) in [6.07, 6.45) is -2.78. The van der Waals surface area contributed by atoms with Crippen molar-refractivity contribution in [3.05, 3.63) is 70.3 Å². The normalized spacial score (nSPS) is 16.8. The average molecular weight is 795 g/mol. The highest BCUT2D eigenvalue weighted by molar-refractivity contribution is 6.05. The third kappa shape index (κ3) is 6.64. The van der Waals surface area contributed by atoms with Crippen LogP contribution in [0.2, 0.25) is 0 Å². The smallest absolute Gasteiger partial charge is 0.276 e. The fraction of sp³-hybridized carbons (Fsp3) is 0.368. The first-order valence-corrected chi connectivity index (χ1v) is 18.8. The molecular formula is C38H42N12O8. The topological polar surface area (TPSA) is 275 Å². The highest BCUT2D eigenvalue weighted by Crippen LogP contribution is 2.41. The van der Waals surface area contributed by atoms with Crippen LogP contribution in [-0.4, -0.2) is 97.9 Å². The lowest BCUT2D eigenvalue weighted by Gasteiger charge is -2.32. The fourth-order valence-electron chi connectivity index (χ4n) is 7.79. The standard InChI is InChI=1S/C38H42N12O8/c1-5-47-25(7-17(3)45-47)35(55)43-37-41-23-9-19(33(39)53)11-29-31(23)49(37)21(15-57-29)13-27(51)28(52)14-22-16-58-30-12-20(34(40)54)10-24-32(30)50(22)38(42-24)44-36(56)26-8-18(4)46-48(26)6-2/h7-12,21-22,27-28,51-52H,5-6,13-16H2,1-4H3,(H2,39,53)(H2,40,54)(H,41,43,55)(H,42,44,56)/t21-,22-,27?,28?/m0/s1. The van der Waals surface area contributed by atoms with Crippen LogP contribution in [0.3, 0.4) is 0 Å². The van der Waals surface area contributed by atoms with Gasteiger partial charge in [-0.25, -0.2) is 9.97 Å². The van der Waals surface area contributed by atoms with Gasteiger partial charge in [0.15, 0.2) is 0 Å². The molecule has 6 aromatic rings. The highest BCUT2D eigenvalue weighted by atomic mass is 16.5. The zero-order chi connectivity index (χ0) is 41.2. The predicted molar refractivity (Wildman–Crippen MR) is 208 cm³/mol. The van der Waals surface area contributed by atoms with Gasteiger partial charge in [0.2, 0.25) is 23.7 Å². The molecule has 0 saturated heterocycles. The van der Waals surface area contributed by atoms with E-state index >= 15 is 0 Å². The zero-order valence-corrected chi connectivity index (χ0v) is 32.1. The minimum atomic E-state index is -1.34. The summed E-state index contributed by atoms with van der Waals surface area (Å²) in [6, 6.07) is 8.01. The van der Waals surface area contributed by atoms with E-state index in [1.807, 2.05) is 13.8 Å². The van der Waals surface area contributed by atoms with E-state index in [0.717, 1.165) is 0 Å². The van der Waals surface area contributed by atoms with Gasteiger partial charge < -0.3 is 40.3 Å². The van der Waals surface area contributed by atoms with Gasteiger partial charge in [0.1, 0.15) is 47.1 Å². The monoisotopic (exact) mass is 794 g/mol. The quantitative estimate of drug-likeness (QED) is 0.0982. The van der Waals surface area contributed by atoms with Crippen LogP contribution in [0.1, 0.15) is 91.9 Å². The van der Waals surface area contributed by atoms with Gasteiger partial charge in [-0.05, 0) is 76.9 Å². The Morgan fingerprint density at radius 3 is 1.47 bits per heavy atom. The molecule has 2 aliphatic rings. The van der Waals surface area contributed by atoms with E-state index in [4.69, 9.17) is 20.9 Å². The molecule has 58 heavy (non-hydrogen) atoms. The lowest BCUT2D eigenvalue weighted by atomic mass is 9.98. The van der Waals surface area contributed by atoms with Crippen LogP contribution < -0.4 is 31.6 Å². The average Bonchev–Trinajstić information content (AvgIpc) is 3.96. The van der Waals surface area contributed by atoms with Crippen LogP contribution in [-0.2, 0) is 13.1 Å². The molecule has 0 radical (unpaired) electrons. The molecule has 0 bridgehead atoms. The molecule has 8 N–H and O–H groups in total. The molecule has 2 aromatic carbocycles. The number of aliphatic hydroxyl groups excluding tert-OH is 2. The van der Waals surface area contributed by atoms with E-state index in [1.54, 1.807) is 44.5 Å². The Morgan fingerprint density at radius 1 is 0.707 bits per heavy atom. The number of nitrogens with two attached hydrogens (primary N) is 2. The van der Waals surface area contributed by atoms with Crippen molar-refractivity contribution in [2.75, 3.05) is 23.8 Å². The van der Waals surface area contributed by atoms with Crippen molar-refractivity contribution in [2.24, 2.45) is 11.5 Å². The molecule has 0 spiro atoms. The van der Waals surface area contributed by atoms with Crippen molar-refractivity contribution < 1.29 is 38.9 Å². The van der Waals surface area contributed by atoms with Crippen molar-refractivity contribution >= 4 is 57.6 Å². The maximum atomic E-state index is 13.6. The number of aromatic nitrogens is 8. The van der Waals surface area contributed by atoms with Gasteiger partial charge >= 0.3 is 0 Å². The van der Waals surface area contributed by atoms with E-state index < -0.39 is 47.9 Å². The number of aliphatic hydroxyl groups is 2. The molecule has 0 fully saturated rings. The number of aryl methyl sites for hydroxylation is 4.